The summed E-state index contributed by atoms with van der Waals surface area (Å²) >= 11 is 1.39. The van der Waals surface area contributed by atoms with Gasteiger partial charge >= 0.3 is 0 Å². The molecule has 2 atom stereocenters. The average molecular weight is 279 g/mol. The van der Waals surface area contributed by atoms with Crippen molar-refractivity contribution in [3.05, 3.63) is 28.7 Å². The largest absolute Gasteiger partial charge is 0.350 e. The van der Waals surface area contributed by atoms with Gasteiger partial charge in [-0.1, -0.05) is 6.58 Å². The van der Waals surface area contributed by atoms with Crippen LogP contribution in [0.25, 0.3) is 0 Å². The Balaban J connectivity index is 1.83. The first-order valence-electron chi connectivity index (χ1n) is 6.24. The van der Waals surface area contributed by atoms with Crippen molar-refractivity contribution in [3.63, 3.8) is 0 Å². The molecule has 0 spiro atoms. The van der Waals surface area contributed by atoms with E-state index in [-0.39, 0.29) is 23.9 Å². The molecule has 0 radical (unpaired) electrons. The molecule has 1 aromatic rings. The Hall–Kier alpha value is -1.69. The molecule has 1 aromatic heterocycles. The van der Waals surface area contributed by atoms with Crippen LogP contribution in [0, 0.1) is 6.92 Å². The van der Waals surface area contributed by atoms with Crippen molar-refractivity contribution < 1.29 is 9.59 Å². The number of nitrogens with one attached hydrogen (secondary N) is 2. The Labute approximate surface area is 116 Å². The average Bonchev–Trinajstić information content (AvgIpc) is 2.98. The SMILES string of the molecule is C=CC(=O)N[C@@H]1CC[C@@H](NC(=O)c2ncc(C)s2)C1. The third-order valence-corrected chi connectivity index (χ3v) is 4.03. The zero-order chi connectivity index (χ0) is 13.8. The van der Waals surface area contributed by atoms with Crippen LogP contribution < -0.4 is 10.6 Å². The minimum Gasteiger partial charge on any atom is -0.350 e. The lowest BCUT2D eigenvalue weighted by atomic mass is 10.2. The fourth-order valence-electron chi connectivity index (χ4n) is 2.21. The van der Waals surface area contributed by atoms with Crippen LogP contribution >= 0.6 is 11.3 Å². The Morgan fingerprint density at radius 3 is 2.68 bits per heavy atom. The second-order valence-corrected chi connectivity index (χ2v) is 5.90. The minimum atomic E-state index is -0.160. The van der Waals surface area contributed by atoms with Crippen molar-refractivity contribution in [2.45, 2.75) is 38.3 Å². The van der Waals surface area contributed by atoms with E-state index in [0.29, 0.717) is 5.01 Å². The Bertz CT molecular complexity index is 498. The van der Waals surface area contributed by atoms with E-state index in [9.17, 15) is 9.59 Å². The molecule has 2 rings (SSSR count). The topological polar surface area (TPSA) is 71.1 Å². The van der Waals surface area contributed by atoms with Crippen LogP contribution in [0.1, 0.15) is 33.9 Å². The monoisotopic (exact) mass is 279 g/mol. The number of rotatable bonds is 4. The molecule has 2 amide bonds. The summed E-state index contributed by atoms with van der Waals surface area (Å²) in [5, 5.41) is 6.31. The Kier molecular flexibility index (Phi) is 4.31. The summed E-state index contributed by atoms with van der Waals surface area (Å²) in [5.74, 6) is -0.286. The fraction of sp³-hybridized carbons (Fsp3) is 0.462. The van der Waals surface area contributed by atoms with Crippen LogP contribution in [0.5, 0.6) is 0 Å². The second kappa shape index (κ2) is 5.97. The summed E-state index contributed by atoms with van der Waals surface area (Å²) in [6, 6.07) is 0.223. The summed E-state index contributed by atoms with van der Waals surface area (Å²) in [7, 11) is 0. The van der Waals surface area contributed by atoms with Gasteiger partial charge in [-0.3, -0.25) is 9.59 Å². The van der Waals surface area contributed by atoms with Crippen LogP contribution in [0.3, 0.4) is 0 Å². The molecule has 1 saturated carbocycles. The van der Waals surface area contributed by atoms with E-state index in [1.54, 1.807) is 6.20 Å². The van der Waals surface area contributed by atoms with E-state index in [4.69, 9.17) is 0 Å². The van der Waals surface area contributed by atoms with Gasteiger partial charge < -0.3 is 10.6 Å². The molecular weight excluding hydrogens is 262 g/mol. The number of hydrogen-bond acceptors (Lipinski definition) is 4. The van der Waals surface area contributed by atoms with E-state index in [1.165, 1.54) is 17.4 Å². The van der Waals surface area contributed by atoms with Crippen LogP contribution in [0.4, 0.5) is 0 Å². The molecule has 2 N–H and O–H groups in total. The number of hydrogen-bond donors (Lipinski definition) is 2. The maximum atomic E-state index is 11.9. The lowest BCUT2D eigenvalue weighted by Gasteiger charge is -2.13. The zero-order valence-corrected chi connectivity index (χ0v) is 11.6. The number of amides is 2. The molecule has 0 aliphatic heterocycles. The standard InChI is InChI=1S/C13H17N3O2S/c1-3-11(17)15-9-4-5-10(6-9)16-12(18)13-14-7-8(2)19-13/h3,7,9-10H,1,4-6H2,2H3,(H,15,17)(H,16,18)/t9-,10-/m1/s1. The van der Waals surface area contributed by atoms with E-state index in [0.717, 1.165) is 24.1 Å². The summed E-state index contributed by atoms with van der Waals surface area (Å²) in [6.07, 6.45) is 5.47. The van der Waals surface area contributed by atoms with Crippen molar-refractivity contribution in [2.75, 3.05) is 0 Å². The fourth-order valence-corrected chi connectivity index (χ4v) is 2.88. The van der Waals surface area contributed by atoms with E-state index in [1.807, 2.05) is 6.92 Å². The Morgan fingerprint density at radius 2 is 2.11 bits per heavy atom. The van der Waals surface area contributed by atoms with Crippen molar-refractivity contribution >= 4 is 23.2 Å². The molecule has 1 fully saturated rings. The van der Waals surface area contributed by atoms with Gasteiger partial charge in [0, 0.05) is 23.2 Å². The highest BCUT2D eigenvalue weighted by molar-refractivity contribution is 7.13. The van der Waals surface area contributed by atoms with Gasteiger partial charge in [-0.25, -0.2) is 4.98 Å². The van der Waals surface area contributed by atoms with Gasteiger partial charge in [-0.05, 0) is 32.3 Å². The van der Waals surface area contributed by atoms with Gasteiger partial charge in [-0.15, -0.1) is 11.3 Å². The lowest BCUT2D eigenvalue weighted by Crippen LogP contribution is -2.36. The first kappa shape index (κ1) is 13.7. The van der Waals surface area contributed by atoms with Gasteiger partial charge in [0.1, 0.15) is 0 Å². The molecule has 0 saturated heterocycles. The van der Waals surface area contributed by atoms with Gasteiger partial charge in [0.05, 0.1) is 0 Å². The maximum absolute atomic E-state index is 11.9. The van der Waals surface area contributed by atoms with Gasteiger partial charge in [0.2, 0.25) is 5.91 Å². The third-order valence-electron chi connectivity index (χ3n) is 3.12. The molecule has 1 heterocycles. The molecule has 5 nitrogen and oxygen atoms in total. The van der Waals surface area contributed by atoms with Crippen LogP contribution in [0.15, 0.2) is 18.9 Å². The number of aryl methyl sites for hydroxylation is 1. The van der Waals surface area contributed by atoms with Gasteiger partial charge in [0.15, 0.2) is 5.01 Å². The summed E-state index contributed by atoms with van der Waals surface area (Å²) in [4.78, 5) is 28.2. The summed E-state index contributed by atoms with van der Waals surface area (Å²) < 4.78 is 0. The van der Waals surface area contributed by atoms with Gasteiger partial charge in [-0.2, -0.15) is 0 Å². The molecule has 0 bridgehead atoms. The predicted molar refractivity (Wildman–Crippen MR) is 74.1 cm³/mol. The quantitative estimate of drug-likeness (QED) is 0.819. The van der Waals surface area contributed by atoms with E-state index in [2.05, 4.69) is 22.2 Å². The molecule has 1 aliphatic rings. The lowest BCUT2D eigenvalue weighted by molar-refractivity contribution is -0.117. The highest BCUT2D eigenvalue weighted by atomic mass is 32.1. The zero-order valence-electron chi connectivity index (χ0n) is 10.8. The highest BCUT2D eigenvalue weighted by Gasteiger charge is 2.27. The molecule has 6 heteroatoms. The number of nitrogens with zero attached hydrogens (tertiary/aromatic N) is 1. The minimum absolute atomic E-state index is 0.104. The highest BCUT2D eigenvalue weighted by Crippen LogP contribution is 2.20. The van der Waals surface area contributed by atoms with Crippen molar-refractivity contribution in [1.29, 1.82) is 0 Å². The van der Waals surface area contributed by atoms with Crippen molar-refractivity contribution in [2.24, 2.45) is 0 Å². The predicted octanol–water partition coefficient (Wildman–Crippen LogP) is 1.40. The molecule has 0 unspecified atom stereocenters. The van der Waals surface area contributed by atoms with E-state index < -0.39 is 0 Å². The Morgan fingerprint density at radius 1 is 1.42 bits per heavy atom. The first-order valence-corrected chi connectivity index (χ1v) is 7.06. The summed E-state index contributed by atoms with van der Waals surface area (Å²) in [6.45, 7) is 5.34. The first-order chi connectivity index (χ1) is 9.08. The van der Waals surface area contributed by atoms with Crippen molar-refractivity contribution in [1.82, 2.24) is 15.6 Å². The molecule has 102 valence electrons. The number of aromatic nitrogens is 1. The molecule has 0 aromatic carbocycles. The van der Waals surface area contributed by atoms with Crippen LogP contribution in [0.2, 0.25) is 0 Å². The van der Waals surface area contributed by atoms with E-state index >= 15 is 0 Å². The number of thiazole rings is 1. The van der Waals surface area contributed by atoms with Crippen molar-refractivity contribution in [3.8, 4) is 0 Å². The number of carbonyl (C=O) groups is 2. The smallest absolute Gasteiger partial charge is 0.280 e. The van der Waals surface area contributed by atoms with Crippen LogP contribution in [-0.4, -0.2) is 28.9 Å². The van der Waals surface area contributed by atoms with Gasteiger partial charge in [0.25, 0.3) is 5.91 Å². The maximum Gasteiger partial charge on any atom is 0.280 e. The molecule has 19 heavy (non-hydrogen) atoms. The number of carbonyl (C=O) groups excluding carboxylic acids is 2. The molecule has 1 aliphatic carbocycles. The summed E-state index contributed by atoms with van der Waals surface area (Å²) in [5.41, 5.74) is 0. The normalized spacial score (nSPS) is 21.9. The molecular formula is C13H17N3O2S. The van der Waals surface area contributed by atoms with Crippen LogP contribution in [-0.2, 0) is 4.79 Å². The second-order valence-electron chi connectivity index (χ2n) is 4.67. The third kappa shape index (κ3) is 3.64.